The minimum atomic E-state index is -5.07. The Balaban J connectivity index is 0.000000215. The molecule has 0 spiro atoms. The average molecular weight is 953 g/mol. The van der Waals surface area contributed by atoms with E-state index in [1.54, 1.807) is 64.4 Å². The van der Waals surface area contributed by atoms with Crippen LogP contribution in [-0.2, 0) is 33.5 Å². The number of carbonyl (C=O) groups is 4. The molecule has 5 heterocycles. The number of carbonyl (C=O) groups excluding carboxylic acids is 4. The van der Waals surface area contributed by atoms with E-state index in [1.807, 2.05) is 0 Å². The van der Waals surface area contributed by atoms with Crippen LogP contribution < -0.4 is 15.1 Å². The maximum atomic E-state index is 13.2. The maximum absolute atomic E-state index is 13.2. The molecule has 2 aliphatic rings. The first-order valence-electron chi connectivity index (χ1n) is 19.4. The summed E-state index contributed by atoms with van der Waals surface area (Å²) in [6.45, 7) is 2.90. The lowest BCUT2D eigenvalue weighted by Gasteiger charge is -2.33. The number of nitrogens with zero attached hydrogens (tertiary/aromatic N) is 8. The van der Waals surface area contributed by atoms with Crippen LogP contribution in [0, 0.1) is 0 Å². The fraction of sp³-hybridized carbons (Fsp3) is 0.317. The molecule has 0 unspecified atom stereocenters. The average Bonchev–Trinajstić information content (AvgIpc) is 3.81. The predicted octanol–water partition coefficient (Wildman–Crippen LogP) is 7.32. The van der Waals surface area contributed by atoms with Crippen molar-refractivity contribution in [2.75, 3.05) is 69.0 Å². The fourth-order valence-corrected chi connectivity index (χ4v) is 6.52. The van der Waals surface area contributed by atoms with E-state index in [1.165, 1.54) is 45.7 Å². The highest BCUT2D eigenvalue weighted by Gasteiger charge is 2.39. The van der Waals surface area contributed by atoms with E-state index in [9.17, 15) is 45.5 Å². The number of benzene rings is 2. The van der Waals surface area contributed by atoms with Crippen LogP contribution in [0.1, 0.15) is 27.6 Å². The number of rotatable bonds is 10. The monoisotopic (exact) mass is 951 g/mol. The van der Waals surface area contributed by atoms with Gasteiger partial charge in [-0.25, -0.2) is 9.59 Å². The Bertz CT molecular complexity index is 2430. The van der Waals surface area contributed by atoms with E-state index < -0.39 is 36.5 Å². The summed E-state index contributed by atoms with van der Waals surface area (Å²) in [6, 6.07) is 19.1. The second kappa shape index (κ2) is 21.5. The van der Waals surface area contributed by atoms with E-state index in [-0.39, 0.29) is 42.2 Å². The standard InChI is InChI=1S/C21H20ClF3N4O4.C20H17ClF3N5O3/c22-15-2-1-3-17(10-15)29(20(32)28-6-8-33-9-7-28)13-16-5-4-14(11-26-16)18(30)12-27-19(31)21(23,24)25;21-14-2-1-3-16(10-14)29(19(30)28-6-8-31-9-7-28)12-15-5-4-13(11-25-15)17-26-27-18(32-17)20(22,23)24/h1-5,10-11H,6-9,12-13H2,(H,27,31);1-5,10-11H,6-9,12H2. The first-order chi connectivity index (χ1) is 31.0. The summed E-state index contributed by atoms with van der Waals surface area (Å²) in [4.78, 5) is 64.0. The van der Waals surface area contributed by atoms with Crippen LogP contribution in [0.4, 0.5) is 47.3 Å². The molecule has 7 rings (SSSR count). The minimum Gasteiger partial charge on any atom is -0.413 e. The Hall–Kier alpha value is -6.36. The molecule has 16 nitrogen and oxygen atoms in total. The van der Waals surface area contributed by atoms with Gasteiger partial charge in [-0.1, -0.05) is 35.3 Å². The number of nitrogens with one attached hydrogen (secondary N) is 1. The number of hydrogen-bond acceptors (Lipinski definition) is 11. The molecule has 0 saturated carbocycles. The van der Waals surface area contributed by atoms with Crippen LogP contribution in [0.5, 0.6) is 0 Å². The van der Waals surface area contributed by atoms with Gasteiger partial charge >= 0.3 is 36.2 Å². The highest BCUT2D eigenvalue weighted by Crippen LogP contribution is 2.31. The number of alkyl halides is 6. The summed E-state index contributed by atoms with van der Waals surface area (Å²) in [6.07, 6.45) is -7.29. The Morgan fingerprint density at radius 3 is 1.60 bits per heavy atom. The second-order valence-electron chi connectivity index (χ2n) is 14.0. The normalized spacial score (nSPS) is 14.2. The number of Topliss-reactive ketones (excluding diaryl/α,β-unsaturated/α-hetero) is 1. The summed E-state index contributed by atoms with van der Waals surface area (Å²) < 4.78 is 90.1. The van der Waals surface area contributed by atoms with Crippen molar-refractivity contribution in [2.45, 2.75) is 25.4 Å². The predicted molar refractivity (Wildman–Crippen MR) is 221 cm³/mol. The van der Waals surface area contributed by atoms with Gasteiger partial charge in [-0.3, -0.25) is 29.4 Å². The number of hydrogen-bond donors (Lipinski definition) is 1. The number of urea groups is 2. The van der Waals surface area contributed by atoms with Gasteiger partial charge in [-0.15, -0.1) is 10.2 Å². The molecule has 24 heteroatoms. The Morgan fingerprint density at radius 1 is 0.677 bits per heavy atom. The van der Waals surface area contributed by atoms with Gasteiger partial charge in [0.1, 0.15) is 0 Å². The van der Waals surface area contributed by atoms with E-state index >= 15 is 0 Å². The number of halogens is 8. The van der Waals surface area contributed by atoms with Crippen molar-refractivity contribution in [3.63, 3.8) is 0 Å². The summed E-state index contributed by atoms with van der Waals surface area (Å²) in [7, 11) is 0. The summed E-state index contributed by atoms with van der Waals surface area (Å²) in [5.41, 5.74) is 2.33. The quantitative estimate of drug-likeness (QED) is 0.110. The molecule has 0 atom stereocenters. The third-order valence-corrected chi connectivity index (χ3v) is 9.93. The molecular weight excluding hydrogens is 915 g/mol. The molecule has 0 radical (unpaired) electrons. The molecule has 344 valence electrons. The van der Waals surface area contributed by atoms with Crippen molar-refractivity contribution in [3.05, 3.63) is 118 Å². The number of morpholine rings is 2. The fourth-order valence-electron chi connectivity index (χ4n) is 6.15. The highest BCUT2D eigenvalue weighted by molar-refractivity contribution is 6.31. The van der Waals surface area contributed by atoms with Crippen molar-refractivity contribution < 1.29 is 59.4 Å². The first-order valence-corrected chi connectivity index (χ1v) is 20.2. The lowest BCUT2D eigenvalue weighted by molar-refractivity contribution is -0.173. The van der Waals surface area contributed by atoms with Crippen LogP contribution in [0.2, 0.25) is 10.0 Å². The van der Waals surface area contributed by atoms with Gasteiger partial charge in [0.2, 0.25) is 5.89 Å². The highest BCUT2D eigenvalue weighted by atomic mass is 35.5. The van der Waals surface area contributed by atoms with Crippen molar-refractivity contribution in [1.82, 2.24) is 35.3 Å². The third-order valence-electron chi connectivity index (χ3n) is 9.46. The maximum Gasteiger partial charge on any atom is 0.471 e. The topological polar surface area (TPSA) is 176 Å². The molecule has 2 aliphatic heterocycles. The van der Waals surface area contributed by atoms with E-state index in [0.29, 0.717) is 85.4 Å². The summed E-state index contributed by atoms with van der Waals surface area (Å²) >= 11 is 12.2. The number of anilines is 2. The molecule has 2 saturated heterocycles. The van der Waals surface area contributed by atoms with Crippen molar-refractivity contribution in [2.24, 2.45) is 0 Å². The SMILES string of the molecule is O=C(CNC(=O)C(F)(F)F)c1ccc(CN(C(=O)N2CCOCC2)c2cccc(Cl)c2)nc1.O=C(N1CCOCC1)N(Cc1ccc(-c2nnc(C(F)(F)F)o2)cn1)c1cccc(Cl)c1. The summed E-state index contributed by atoms with van der Waals surface area (Å²) in [5.74, 6) is -4.66. The van der Waals surface area contributed by atoms with Gasteiger partial charge in [0.05, 0.1) is 63.0 Å². The van der Waals surface area contributed by atoms with E-state index in [4.69, 9.17) is 32.7 Å². The number of pyridine rings is 2. The van der Waals surface area contributed by atoms with Gasteiger partial charge in [0.15, 0.2) is 5.78 Å². The molecule has 5 amide bonds. The van der Waals surface area contributed by atoms with Gasteiger partial charge in [-0.2, -0.15) is 26.3 Å². The minimum absolute atomic E-state index is 0.0232. The zero-order chi connectivity index (χ0) is 46.7. The van der Waals surface area contributed by atoms with Crippen molar-refractivity contribution in [1.29, 1.82) is 0 Å². The third kappa shape index (κ3) is 13.3. The van der Waals surface area contributed by atoms with Crippen LogP contribution in [-0.4, -0.2) is 119 Å². The molecule has 2 fully saturated rings. The van der Waals surface area contributed by atoms with Gasteiger partial charge in [0, 0.05) is 65.6 Å². The molecule has 2 aromatic carbocycles. The number of aromatic nitrogens is 4. The number of amides is 5. The first kappa shape index (κ1) is 48.1. The molecule has 0 aliphatic carbocycles. The lowest BCUT2D eigenvalue weighted by atomic mass is 10.1. The van der Waals surface area contributed by atoms with Crippen molar-refractivity contribution in [3.8, 4) is 11.5 Å². The van der Waals surface area contributed by atoms with Crippen molar-refractivity contribution >= 4 is 58.3 Å². The Kier molecular flexibility index (Phi) is 15.9. The van der Waals surface area contributed by atoms with Crippen LogP contribution >= 0.6 is 23.2 Å². The van der Waals surface area contributed by atoms with Gasteiger partial charge < -0.3 is 29.0 Å². The zero-order valence-corrected chi connectivity index (χ0v) is 35.3. The molecular formula is C41H37Cl2F6N9O7. The number of ketones is 1. The van der Waals surface area contributed by atoms with Crippen LogP contribution in [0.25, 0.3) is 11.5 Å². The molecule has 5 aromatic rings. The molecule has 0 bridgehead atoms. The van der Waals surface area contributed by atoms with Gasteiger partial charge in [0.25, 0.3) is 0 Å². The summed E-state index contributed by atoms with van der Waals surface area (Å²) in [5, 5.41) is 8.87. The largest absolute Gasteiger partial charge is 0.471 e. The number of ether oxygens (including phenoxy) is 2. The van der Waals surface area contributed by atoms with Crippen LogP contribution in [0.3, 0.4) is 0 Å². The Morgan fingerprint density at radius 2 is 1.18 bits per heavy atom. The zero-order valence-electron chi connectivity index (χ0n) is 33.8. The molecule has 65 heavy (non-hydrogen) atoms. The van der Waals surface area contributed by atoms with E-state index in [0.717, 1.165) is 0 Å². The van der Waals surface area contributed by atoms with Crippen LogP contribution in [0.15, 0.2) is 89.6 Å². The second-order valence-corrected chi connectivity index (χ2v) is 14.9. The van der Waals surface area contributed by atoms with Gasteiger partial charge in [-0.05, 0) is 60.7 Å². The smallest absolute Gasteiger partial charge is 0.413 e. The lowest BCUT2D eigenvalue weighted by Crippen LogP contribution is -2.48. The Labute approximate surface area is 376 Å². The molecule has 1 N–H and O–H groups in total. The molecule has 3 aromatic heterocycles. The van der Waals surface area contributed by atoms with E-state index in [2.05, 4.69) is 24.6 Å².